The summed E-state index contributed by atoms with van der Waals surface area (Å²) < 4.78 is 0. The molecule has 0 saturated heterocycles. The van der Waals surface area contributed by atoms with E-state index in [1.807, 2.05) is 6.08 Å². The molecule has 1 heteroatoms. The zero-order valence-corrected chi connectivity index (χ0v) is 11.1. The molecule has 0 bridgehead atoms. The van der Waals surface area contributed by atoms with E-state index in [1.54, 1.807) is 0 Å². The lowest BCUT2D eigenvalue weighted by Crippen LogP contribution is -1.88. The van der Waals surface area contributed by atoms with Crippen molar-refractivity contribution in [1.82, 2.24) is 4.98 Å². The summed E-state index contributed by atoms with van der Waals surface area (Å²) in [6.45, 7) is 5.98. The fourth-order valence-electron chi connectivity index (χ4n) is 2.52. The van der Waals surface area contributed by atoms with Crippen LogP contribution in [-0.2, 0) is 6.42 Å². The van der Waals surface area contributed by atoms with Crippen molar-refractivity contribution in [2.24, 2.45) is 0 Å². The molecule has 0 amide bonds. The minimum absolute atomic E-state index is 0.919. The van der Waals surface area contributed by atoms with Crippen LogP contribution < -0.4 is 0 Å². The number of hydrogen-bond acceptors (Lipinski definition) is 0. The second-order valence-corrected chi connectivity index (χ2v) is 4.88. The lowest BCUT2D eigenvalue weighted by Gasteiger charge is -2.06. The van der Waals surface area contributed by atoms with Crippen LogP contribution in [0.15, 0.2) is 61.3 Å². The second kappa shape index (κ2) is 4.77. The number of nitrogens with one attached hydrogen (secondary N) is 1. The molecule has 0 aliphatic carbocycles. The van der Waals surface area contributed by atoms with E-state index in [0.717, 1.165) is 6.42 Å². The molecule has 3 rings (SSSR count). The molecule has 1 aromatic heterocycles. The van der Waals surface area contributed by atoms with Gasteiger partial charge in [0.05, 0.1) is 0 Å². The number of para-hydroxylation sites is 1. The molecule has 1 heterocycles. The molecule has 19 heavy (non-hydrogen) atoms. The summed E-state index contributed by atoms with van der Waals surface area (Å²) in [4.78, 5) is 3.33. The van der Waals surface area contributed by atoms with Gasteiger partial charge in [-0.15, -0.1) is 6.58 Å². The third-order valence-corrected chi connectivity index (χ3v) is 3.61. The zero-order chi connectivity index (χ0) is 13.2. The van der Waals surface area contributed by atoms with Crippen LogP contribution in [0.5, 0.6) is 0 Å². The van der Waals surface area contributed by atoms with Gasteiger partial charge in [-0.05, 0) is 36.1 Å². The van der Waals surface area contributed by atoms with Crippen molar-refractivity contribution in [2.75, 3.05) is 0 Å². The molecule has 0 aliphatic rings. The fraction of sp³-hybridized carbons (Fsp3) is 0.111. The van der Waals surface area contributed by atoms with E-state index < -0.39 is 0 Å². The highest BCUT2D eigenvalue weighted by Gasteiger charge is 2.07. The number of H-pyrrole nitrogens is 1. The van der Waals surface area contributed by atoms with Crippen molar-refractivity contribution in [1.29, 1.82) is 0 Å². The highest BCUT2D eigenvalue weighted by atomic mass is 14.7. The van der Waals surface area contributed by atoms with Gasteiger partial charge in [-0.25, -0.2) is 0 Å². The third kappa shape index (κ3) is 2.08. The minimum Gasteiger partial charge on any atom is -0.361 e. The number of fused-ring (bicyclic) bond motifs is 1. The topological polar surface area (TPSA) is 15.8 Å². The monoisotopic (exact) mass is 247 g/mol. The Labute approximate surface area is 113 Å². The Bertz CT molecular complexity index is 734. The van der Waals surface area contributed by atoms with Gasteiger partial charge in [0.1, 0.15) is 0 Å². The first kappa shape index (κ1) is 11.8. The molecule has 3 aromatic rings. The number of hydrogen-bond donors (Lipinski definition) is 1. The first-order valence-electron chi connectivity index (χ1n) is 6.56. The van der Waals surface area contributed by atoms with Crippen LogP contribution in [0, 0.1) is 6.92 Å². The normalized spacial score (nSPS) is 10.8. The first-order valence-corrected chi connectivity index (χ1v) is 6.56. The van der Waals surface area contributed by atoms with Gasteiger partial charge >= 0.3 is 0 Å². The highest BCUT2D eigenvalue weighted by Crippen LogP contribution is 2.29. The average Bonchev–Trinajstić information content (AvgIpc) is 2.85. The highest BCUT2D eigenvalue weighted by molar-refractivity contribution is 5.95. The molecular formula is C18H17N. The maximum atomic E-state index is 3.83. The van der Waals surface area contributed by atoms with E-state index in [4.69, 9.17) is 0 Å². The van der Waals surface area contributed by atoms with Crippen LogP contribution in [-0.4, -0.2) is 4.98 Å². The van der Waals surface area contributed by atoms with Crippen LogP contribution in [0.2, 0.25) is 0 Å². The maximum absolute atomic E-state index is 3.83. The second-order valence-electron chi connectivity index (χ2n) is 4.88. The summed E-state index contributed by atoms with van der Waals surface area (Å²) in [6.07, 6.45) is 4.97. The van der Waals surface area contributed by atoms with Crippen molar-refractivity contribution >= 4 is 10.9 Å². The maximum Gasteiger partial charge on any atom is 0.0460 e. The Hall–Kier alpha value is -2.28. The van der Waals surface area contributed by atoms with Gasteiger partial charge in [-0.3, -0.25) is 0 Å². The number of aromatic nitrogens is 1. The lowest BCUT2D eigenvalue weighted by molar-refractivity contribution is 1.22. The Kier molecular flexibility index (Phi) is 2.96. The molecule has 0 saturated carbocycles. The fourth-order valence-corrected chi connectivity index (χ4v) is 2.52. The Morgan fingerprint density at radius 3 is 2.84 bits per heavy atom. The largest absolute Gasteiger partial charge is 0.361 e. The average molecular weight is 247 g/mol. The van der Waals surface area contributed by atoms with E-state index in [0.29, 0.717) is 0 Å². The van der Waals surface area contributed by atoms with Gasteiger partial charge in [0.2, 0.25) is 0 Å². The molecule has 0 fully saturated rings. The molecule has 0 atom stereocenters. The molecular weight excluding hydrogens is 230 g/mol. The number of aryl methyl sites for hydroxylation is 1. The van der Waals surface area contributed by atoms with Crippen LogP contribution in [0.3, 0.4) is 0 Å². The van der Waals surface area contributed by atoms with Crippen molar-refractivity contribution in [2.45, 2.75) is 13.3 Å². The van der Waals surface area contributed by atoms with Gasteiger partial charge in [-0.2, -0.15) is 0 Å². The van der Waals surface area contributed by atoms with Crippen molar-refractivity contribution < 1.29 is 0 Å². The molecule has 0 aliphatic heterocycles. The Morgan fingerprint density at radius 1 is 1.16 bits per heavy atom. The van der Waals surface area contributed by atoms with Crippen LogP contribution in [0.1, 0.15) is 11.1 Å². The zero-order valence-electron chi connectivity index (χ0n) is 11.1. The molecule has 0 radical (unpaired) electrons. The van der Waals surface area contributed by atoms with E-state index >= 15 is 0 Å². The van der Waals surface area contributed by atoms with Gasteiger partial charge in [0.15, 0.2) is 0 Å². The molecule has 2 aromatic carbocycles. The summed E-state index contributed by atoms with van der Waals surface area (Å²) >= 11 is 0. The number of aromatic amines is 1. The van der Waals surface area contributed by atoms with E-state index in [9.17, 15) is 0 Å². The quantitative estimate of drug-likeness (QED) is 0.635. The van der Waals surface area contributed by atoms with Crippen molar-refractivity contribution in [3.8, 4) is 11.1 Å². The summed E-state index contributed by atoms with van der Waals surface area (Å²) in [6, 6.07) is 15.1. The number of rotatable bonds is 3. The summed E-state index contributed by atoms with van der Waals surface area (Å²) in [5, 5.41) is 1.27. The first-order chi connectivity index (χ1) is 9.29. The molecule has 1 N–H and O–H groups in total. The smallest absolute Gasteiger partial charge is 0.0460 e. The number of benzene rings is 2. The SMILES string of the molecule is C=CCc1cc(-c2c[nH]c3ccccc23)ccc1C. The lowest BCUT2D eigenvalue weighted by atomic mass is 9.98. The third-order valence-electron chi connectivity index (χ3n) is 3.61. The van der Waals surface area contributed by atoms with Gasteiger partial charge in [0.25, 0.3) is 0 Å². The molecule has 0 unspecified atom stereocenters. The van der Waals surface area contributed by atoms with E-state index in [2.05, 4.69) is 67.1 Å². The van der Waals surface area contributed by atoms with Crippen molar-refractivity contribution in [3.05, 3.63) is 72.4 Å². The van der Waals surface area contributed by atoms with Crippen LogP contribution in [0.25, 0.3) is 22.0 Å². The molecule has 94 valence electrons. The number of allylic oxidation sites excluding steroid dienone is 1. The van der Waals surface area contributed by atoms with E-state index in [1.165, 1.54) is 33.2 Å². The van der Waals surface area contributed by atoms with Gasteiger partial charge < -0.3 is 4.98 Å². The molecule has 1 nitrogen and oxygen atoms in total. The summed E-state index contributed by atoms with van der Waals surface area (Å²) in [7, 11) is 0. The van der Waals surface area contributed by atoms with Crippen LogP contribution in [0.4, 0.5) is 0 Å². The standard InChI is InChI=1S/C18H17N/c1-3-6-14-11-15(10-9-13(14)2)17-12-19-18-8-5-4-7-16(17)18/h3-5,7-12,19H,1,6H2,2H3. The summed E-state index contributed by atoms with van der Waals surface area (Å²) in [5.41, 5.74) is 6.38. The summed E-state index contributed by atoms with van der Waals surface area (Å²) in [5.74, 6) is 0. The Balaban J connectivity index is 2.16. The van der Waals surface area contributed by atoms with Gasteiger partial charge in [0, 0.05) is 22.7 Å². The molecule has 0 spiro atoms. The predicted octanol–water partition coefficient (Wildman–Crippen LogP) is 4.87. The van der Waals surface area contributed by atoms with E-state index in [-0.39, 0.29) is 0 Å². The minimum atomic E-state index is 0.919. The predicted molar refractivity (Wildman–Crippen MR) is 82.4 cm³/mol. The van der Waals surface area contributed by atoms with Crippen molar-refractivity contribution in [3.63, 3.8) is 0 Å². The van der Waals surface area contributed by atoms with Gasteiger partial charge in [-0.1, -0.05) is 42.5 Å². The van der Waals surface area contributed by atoms with Crippen LogP contribution >= 0.6 is 0 Å². The Morgan fingerprint density at radius 2 is 2.00 bits per heavy atom.